The summed E-state index contributed by atoms with van der Waals surface area (Å²) in [6.45, 7) is 0. The summed E-state index contributed by atoms with van der Waals surface area (Å²) in [4.78, 5) is 10.7. The first-order chi connectivity index (χ1) is 34.7. The molecule has 70 heavy (non-hydrogen) atoms. The third kappa shape index (κ3) is 5.68. The van der Waals surface area contributed by atoms with Crippen LogP contribution in [-0.2, 0) is 0 Å². The van der Waals surface area contributed by atoms with Crippen molar-refractivity contribution in [3.8, 4) is 56.4 Å². The van der Waals surface area contributed by atoms with Crippen LogP contribution in [0.2, 0.25) is 0 Å². The van der Waals surface area contributed by atoms with Crippen LogP contribution >= 0.6 is 0 Å². The highest BCUT2D eigenvalue weighted by molar-refractivity contribution is 6.25. The van der Waals surface area contributed by atoms with Crippen molar-refractivity contribution in [1.29, 1.82) is 0 Å². The largest absolute Gasteiger partial charge is 0.455 e. The molecule has 6 nitrogen and oxygen atoms in total. The second-order valence-electron chi connectivity index (χ2n) is 18.0. The highest BCUT2D eigenvalue weighted by Gasteiger charge is 2.25. The van der Waals surface area contributed by atoms with E-state index in [2.05, 4.69) is 215 Å². The molecule has 10 aromatic carbocycles. The van der Waals surface area contributed by atoms with Crippen LogP contribution in [-0.4, -0.2) is 19.1 Å². The first kappa shape index (κ1) is 38.6. The molecule has 0 fully saturated rings. The molecule has 0 spiro atoms. The van der Waals surface area contributed by atoms with Gasteiger partial charge in [0, 0.05) is 60.1 Å². The Bertz CT molecular complexity index is 4540. The van der Waals surface area contributed by atoms with Crippen molar-refractivity contribution < 1.29 is 8.83 Å². The molecule has 0 saturated carbocycles. The second-order valence-corrected chi connectivity index (χ2v) is 18.0. The van der Waals surface area contributed by atoms with E-state index in [4.69, 9.17) is 18.8 Å². The molecular formula is C64H38N4O2. The normalized spacial score (nSPS) is 12.0. The maximum atomic E-state index is 6.80. The summed E-state index contributed by atoms with van der Waals surface area (Å²) in [6, 6.07) is 81.3. The Hall–Kier alpha value is -9.52. The topological polar surface area (TPSA) is 61.9 Å². The molecule has 0 amide bonds. The van der Waals surface area contributed by atoms with Crippen molar-refractivity contribution in [2.24, 2.45) is 0 Å². The van der Waals surface area contributed by atoms with Crippen LogP contribution in [0.4, 0.5) is 0 Å². The zero-order chi connectivity index (χ0) is 45.9. The molecule has 0 unspecified atom stereocenters. The Balaban J connectivity index is 1.04. The van der Waals surface area contributed by atoms with Gasteiger partial charge in [-0.2, -0.15) is 0 Å². The first-order valence-corrected chi connectivity index (χ1v) is 23.6. The highest BCUT2D eigenvalue weighted by Crippen LogP contribution is 2.46. The van der Waals surface area contributed by atoms with Gasteiger partial charge < -0.3 is 18.0 Å². The van der Waals surface area contributed by atoms with Crippen LogP contribution in [0.3, 0.4) is 0 Å². The summed E-state index contributed by atoms with van der Waals surface area (Å²) in [5.74, 6) is 0.638. The van der Waals surface area contributed by atoms with Crippen LogP contribution in [0.5, 0.6) is 0 Å². The SMILES string of the molecule is c1ccc(-c2cc(-c3ccccc3)nc(-c3ccc(-c4ccccc4-n4c5ccccc5c5c6oc7ccccc7c6ccc54)c(-n4c5ccccc5c5c6oc7ccccc7c6ccc54)c3)n2)cc1. The molecule has 0 radical (unpaired) electrons. The van der Waals surface area contributed by atoms with E-state index in [0.29, 0.717) is 5.82 Å². The molecule has 0 atom stereocenters. The smallest absolute Gasteiger partial charge is 0.160 e. The molecule has 0 N–H and O–H groups in total. The second kappa shape index (κ2) is 15.0. The number of hydrogen-bond donors (Lipinski definition) is 0. The molecule has 0 aliphatic rings. The number of furan rings is 2. The summed E-state index contributed by atoms with van der Waals surface area (Å²) in [6.07, 6.45) is 0. The number of nitrogens with zero attached hydrogens (tertiary/aromatic N) is 4. The van der Waals surface area contributed by atoms with Gasteiger partial charge in [-0.15, -0.1) is 0 Å². The molecule has 6 heteroatoms. The van der Waals surface area contributed by atoms with Gasteiger partial charge in [-0.1, -0.05) is 164 Å². The quantitative estimate of drug-likeness (QED) is 0.167. The van der Waals surface area contributed by atoms with E-state index in [1.165, 1.54) is 0 Å². The molecule has 0 aliphatic heterocycles. The predicted octanol–water partition coefficient (Wildman–Crippen LogP) is 17.1. The maximum Gasteiger partial charge on any atom is 0.160 e. The van der Waals surface area contributed by atoms with Gasteiger partial charge in [0.15, 0.2) is 5.82 Å². The van der Waals surface area contributed by atoms with Crippen molar-refractivity contribution in [2.45, 2.75) is 0 Å². The van der Waals surface area contributed by atoms with Crippen molar-refractivity contribution in [1.82, 2.24) is 19.1 Å². The van der Waals surface area contributed by atoms with Crippen molar-refractivity contribution in [3.05, 3.63) is 231 Å². The van der Waals surface area contributed by atoms with Crippen molar-refractivity contribution >= 4 is 87.5 Å². The maximum absolute atomic E-state index is 6.80. The minimum absolute atomic E-state index is 0.638. The van der Waals surface area contributed by atoms with Gasteiger partial charge in [0.1, 0.15) is 22.3 Å². The zero-order valence-corrected chi connectivity index (χ0v) is 37.5. The Labute approximate surface area is 400 Å². The van der Waals surface area contributed by atoms with Crippen molar-refractivity contribution in [3.63, 3.8) is 0 Å². The van der Waals surface area contributed by atoms with E-state index >= 15 is 0 Å². The van der Waals surface area contributed by atoms with Gasteiger partial charge in [-0.05, 0) is 66.7 Å². The van der Waals surface area contributed by atoms with E-state index in [1.807, 2.05) is 24.3 Å². The third-order valence-electron chi connectivity index (χ3n) is 14.2. The number of rotatable bonds is 6. The summed E-state index contributed by atoms with van der Waals surface area (Å²) < 4.78 is 18.3. The standard InChI is InChI=1S/C64H38N4O2/c1-3-17-39(18-4-1)50-38-51(40-19-5-2-6-20-40)66-64(65-50)41-31-32-43(57(37-41)68-54-28-14-9-25-49(54)61-56(68)36-34-47-45-23-11-16-30-59(45)70-63(47)61)42-21-7-12-26-52(42)67-53-27-13-8-24-48(53)60-55(67)35-33-46-44-22-10-15-29-58(44)69-62(46)60/h1-38H. The van der Waals surface area contributed by atoms with Crippen LogP contribution in [0, 0.1) is 0 Å². The molecular weight excluding hydrogens is 857 g/mol. The molecule has 15 rings (SSSR count). The number of hydrogen-bond acceptors (Lipinski definition) is 4. The third-order valence-corrected chi connectivity index (χ3v) is 14.2. The van der Waals surface area contributed by atoms with Gasteiger partial charge in [0.25, 0.3) is 0 Å². The van der Waals surface area contributed by atoms with Crippen LogP contribution < -0.4 is 0 Å². The van der Waals surface area contributed by atoms with Crippen LogP contribution in [0.25, 0.3) is 144 Å². The predicted molar refractivity (Wildman–Crippen MR) is 287 cm³/mol. The van der Waals surface area contributed by atoms with E-state index in [-0.39, 0.29) is 0 Å². The fourth-order valence-corrected chi connectivity index (χ4v) is 11.1. The highest BCUT2D eigenvalue weighted by atomic mass is 16.3. The average molecular weight is 895 g/mol. The summed E-state index contributed by atoms with van der Waals surface area (Å²) in [5, 5.41) is 8.82. The van der Waals surface area contributed by atoms with Gasteiger partial charge in [0.2, 0.25) is 0 Å². The van der Waals surface area contributed by atoms with E-state index in [9.17, 15) is 0 Å². The number of aromatic nitrogens is 4. The molecule has 0 aliphatic carbocycles. The molecule has 15 aromatic rings. The fraction of sp³-hybridized carbons (Fsp3) is 0. The van der Waals surface area contributed by atoms with Crippen molar-refractivity contribution in [2.75, 3.05) is 0 Å². The Morgan fingerprint density at radius 3 is 1.33 bits per heavy atom. The Morgan fingerprint density at radius 2 is 0.757 bits per heavy atom. The lowest BCUT2D eigenvalue weighted by atomic mass is 9.98. The lowest BCUT2D eigenvalue weighted by molar-refractivity contribution is 0.672. The average Bonchev–Trinajstić information content (AvgIpc) is 4.19. The lowest BCUT2D eigenvalue weighted by Gasteiger charge is -2.19. The molecule has 5 aromatic heterocycles. The van der Waals surface area contributed by atoms with E-state index in [0.717, 1.165) is 138 Å². The molecule has 0 bridgehead atoms. The summed E-state index contributed by atoms with van der Waals surface area (Å²) in [5.41, 5.74) is 16.6. The van der Waals surface area contributed by atoms with Crippen LogP contribution in [0.15, 0.2) is 239 Å². The van der Waals surface area contributed by atoms with Gasteiger partial charge in [-0.3, -0.25) is 0 Å². The lowest BCUT2D eigenvalue weighted by Crippen LogP contribution is -2.03. The minimum Gasteiger partial charge on any atom is -0.455 e. The number of fused-ring (bicyclic) bond motifs is 14. The summed E-state index contributed by atoms with van der Waals surface area (Å²) in [7, 11) is 0. The van der Waals surface area contributed by atoms with Gasteiger partial charge >= 0.3 is 0 Å². The first-order valence-electron chi connectivity index (χ1n) is 23.6. The molecule has 326 valence electrons. The van der Waals surface area contributed by atoms with E-state index in [1.54, 1.807) is 0 Å². The van der Waals surface area contributed by atoms with Gasteiger partial charge in [0.05, 0.1) is 55.6 Å². The molecule has 5 heterocycles. The van der Waals surface area contributed by atoms with E-state index < -0.39 is 0 Å². The van der Waals surface area contributed by atoms with Gasteiger partial charge in [-0.25, -0.2) is 9.97 Å². The zero-order valence-electron chi connectivity index (χ0n) is 37.5. The monoisotopic (exact) mass is 894 g/mol. The van der Waals surface area contributed by atoms with Crippen LogP contribution in [0.1, 0.15) is 0 Å². The Morgan fingerprint density at radius 1 is 0.300 bits per heavy atom. The number of para-hydroxylation sites is 5. The minimum atomic E-state index is 0.638. The summed E-state index contributed by atoms with van der Waals surface area (Å²) >= 11 is 0. The fourth-order valence-electron chi connectivity index (χ4n) is 11.1. The Kier molecular flexibility index (Phi) is 8.26. The number of benzene rings is 10. The molecule has 0 saturated heterocycles.